The Morgan fingerprint density at radius 1 is 1.11 bits per heavy atom. The first-order valence-electron chi connectivity index (χ1n) is 6.56. The van der Waals surface area contributed by atoms with Gasteiger partial charge in [-0.15, -0.1) is 0 Å². The van der Waals surface area contributed by atoms with Gasteiger partial charge in [-0.1, -0.05) is 6.07 Å². The highest BCUT2D eigenvalue weighted by molar-refractivity contribution is 5.78. The number of carbonyl (C=O) groups excluding carboxylic acids is 1. The molecular formula is C15H21NO2. The summed E-state index contributed by atoms with van der Waals surface area (Å²) in [6.07, 6.45) is 2.24. The highest BCUT2D eigenvalue weighted by Gasteiger charge is 2.18. The van der Waals surface area contributed by atoms with E-state index in [1.54, 1.807) is 0 Å². The van der Waals surface area contributed by atoms with Crippen molar-refractivity contribution in [2.75, 3.05) is 19.7 Å². The molecule has 1 heterocycles. The number of rotatable bonds is 3. The summed E-state index contributed by atoms with van der Waals surface area (Å²) in [4.78, 5) is 13.8. The first-order chi connectivity index (χ1) is 8.58. The molecule has 0 unspecified atom stereocenters. The molecule has 0 spiro atoms. The van der Waals surface area contributed by atoms with E-state index in [-0.39, 0.29) is 12.5 Å². The second-order valence-corrected chi connectivity index (χ2v) is 5.08. The van der Waals surface area contributed by atoms with Gasteiger partial charge in [0.15, 0.2) is 6.61 Å². The summed E-state index contributed by atoms with van der Waals surface area (Å²) in [6, 6.07) is 4.12. The maximum absolute atomic E-state index is 11.9. The molecule has 3 nitrogen and oxygen atoms in total. The van der Waals surface area contributed by atoms with Crippen molar-refractivity contribution in [2.45, 2.75) is 33.6 Å². The van der Waals surface area contributed by atoms with Gasteiger partial charge in [-0.3, -0.25) is 4.79 Å². The molecular weight excluding hydrogens is 226 g/mol. The van der Waals surface area contributed by atoms with Gasteiger partial charge in [-0.25, -0.2) is 0 Å². The summed E-state index contributed by atoms with van der Waals surface area (Å²) < 4.78 is 5.66. The van der Waals surface area contributed by atoms with Crippen LogP contribution in [-0.2, 0) is 4.79 Å². The molecule has 1 aromatic rings. The lowest BCUT2D eigenvalue weighted by Gasteiger charge is -2.17. The van der Waals surface area contributed by atoms with Crippen LogP contribution in [0.25, 0.3) is 0 Å². The van der Waals surface area contributed by atoms with E-state index < -0.39 is 0 Å². The van der Waals surface area contributed by atoms with E-state index in [0.29, 0.717) is 0 Å². The van der Waals surface area contributed by atoms with Crippen LogP contribution >= 0.6 is 0 Å². The van der Waals surface area contributed by atoms with Crippen molar-refractivity contribution >= 4 is 5.91 Å². The third-order valence-electron chi connectivity index (χ3n) is 3.60. The molecule has 0 saturated carbocycles. The van der Waals surface area contributed by atoms with Gasteiger partial charge in [0.25, 0.3) is 5.91 Å². The van der Waals surface area contributed by atoms with Crippen LogP contribution in [0, 0.1) is 20.8 Å². The molecule has 1 aliphatic rings. The number of benzene rings is 1. The Morgan fingerprint density at radius 3 is 2.39 bits per heavy atom. The van der Waals surface area contributed by atoms with Crippen molar-refractivity contribution in [3.05, 3.63) is 28.8 Å². The summed E-state index contributed by atoms with van der Waals surface area (Å²) in [5.74, 6) is 0.927. The Kier molecular flexibility index (Phi) is 3.90. The Bertz CT molecular complexity index is 448. The molecule has 1 fully saturated rings. The van der Waals surface area contributed by atoms with Gasteiger partial charge in [0.2, 0.25) is 0 Å². The van der Waals surface area contributed by atoms with Crippen molar-refractivity contribution in [3.63, 3.8) is 0 Å². The Labute approximate surface area is 109 Å². The molecule has 2 rings (SSSR count). The SMILES string of the molecule is Cc1cc(C)c(OCC(=O)N2CCCC2)cc1C. The van der Waals surface area contributed by atoms with Crippen LogP contribution in [0.4, 0.5) is 0 Å². The zero-order valence-electron chi connectivity index (χ0n) is 11.5. The fourth-order valence-corrected chi connectivity index (χ4v) is 2.29. The first kappa shape index (κ1) is 12.9. The van der Waals surface area contributed by atoms with E-state index in [0.717, 1.165) is 37.2 Å². The Balaban J connectivity index is 1.97. The molecule has 3 heteroatoms. The minimum Gasteiger partial charge on any atom is -0.483 e. The topological polar surface area (TPSA) is 29.5 Å². The van der Waals surface area contributed by atoms with Crippen LogP contribution in [0.3, 0.4) is 0 Å². The average molecular weight is 247 g/mol. The van der Waals surface area contributed by atoms with Gasteiger partial charge in [-0.05, 0) is 56.4 Å². The maximum Gasteiger partial charge on any atom is 0.260 e. The highest BCUT2D eigenvalue weighted by atomic mass is 16.5. The summed E-state index contributed by atoms with van der Waals surface area (Å²) >= 11 is 0. The molecule has 0 N–H and O–H groups in total. The molecule has 0 radical (unpaired) electrons. The average Bonchev–Trinajstić information content (AvgIpc) is 2.85. The van der Waals surface area contributed by atoms with Gasteiger partial charge in [-0.2, -0.15) is 0 Å². The third kappa shape index (κ3) is 2.84. The van der Waals surface area contributed by atoms with Gasteiger partial charge in [0.05, 0.1) is 0 Å². The van der Waals surface area contributed by atoms with Gasteiger partial charge in [0.1, 0.15) is 5.75 Å². The van der Waals surface area contributed by atoms with Crippen LogP contribution in [0.1, 0.15) is 29.5 Å². The summed E-state index contributed by atoms with van der Waals surface area (Å²) in [5.41, 5.74) is 3.54. The Morgan fingerprint density at radius 2 is 1.72 bits per heavy atom. The van der Waals surface area contributed by atoms with Crippen LogP contribution < -0.4 is 4.74 Å². The number of likely N-dealkylation sites (tertiary alicyclic amines) is 1. The predicted molar refractivity (Wildman–Crippen MR) is 72.0 cm³/mol. The molecule has 0 bridgehead atoms. The van der Waals surface area contributed by atoms with E-state index in [1.807, 2.05) is 17.9 Å². The minimum absolute atomic E-state index is 0.102. The number of amides is 1. The van der Waals surface area contributed by atoms with E-state index in [1.165, 1.54) is 11.1 Å². The van der Waals surface area contributed by atoms with E-state index >= 15 is 0 Å². The summed E-state index contributed by atoms with van der Waals surface area (Å²) in [6.45, 7) is 8.08. The lowest BCUT2D eigenvalue weighted by Crippen LogP contribution is -2.32. The van der Waals surface area contributed by atoms with E-state index in [2.05, 4.69) is 19.9 Å². The van der Waals surface area contributed by atoms with Gasteiger partial charge in [0, 0.05) is 13.1 Å². The molecule has 98 valence electrons. The summed E-state index contributed by atoms with van der Waals surface area (Å²) in [5, 5.41) is 0. The van der Waals surface area contributed by atoms with Crippen molar-refractivity contribution in [3.8, 4) is 5.75 Å². The van der Waals surface area contributed by atoms with Crippen LogP contribution in [-0.4, -0.2) is 30.5 Å². The van der Waals surface area contributed by atoms with Crippen LogP contribution in [0.2, 0.25) is 0 Å². The van der Waals surface area contributed by atoms with Gasteiger partial charge < -0.3 is 9.64 Å². The molecule has 1 saturated heterocycles. The monoisotopic (exact) mass is 247 g/mol. The number of carbonyl (C=O) groups is 1. The molecule has 1 aliphatic heterocycles. The molecule has 0 atom stereocenters. The lowest BCUT2D eigenvalue weighted by atomic mass is 10.1. The highest BCUT2D eigenvalue weighted by Crippen LogP contribution is 2.22. The molecule has 18 heavy (non-hydrogen) atoms. The van der Waals surface area contributed by atoms with Crippen LogP contribution in [0.5, 0.6) is 5.75 Å². The summed E-state index contributed by atoms with van der Waals surface area (Å²) in [7, 11) is 0. The lowest BCUT2D eigenvalue weighted by molar-refractivity contribution is -0.132. The fourth-order valence-electron chi connectivity index (χ4n) is 2.29. The predicted octanol–water partition coefficient (Wildman–Crippen LogP) is 2.61. The molecule has 1 aromatic carbocycles. The largest absolute Gasteiger partial charge is 0.483 e. The van der Waals surface area contributed by atoms with E-state index in [9.17, 15) is 4.79 Å². The standard InChI is InChI=1S/C15H21NO2/c1-11-8-13(3)14(9-12(11)2)18-10-15(17)16-6-4-5-7-16/h8-9H,4-7,10H2,1-3H3. The number of ether oxygens (including phenoxy) is 1. The first-order valence-corrected chi connectivity index (χ1v) is 6.56. The van der Waals surface area contributed by atoms with Crippen molar-refractivity contribution < 1.29 is 9.53 Å². The second kappa shape index (κ2) is 5.42. The maximum atomic E-state index is 11.9. The number of aryl methyl sites for hydroxylation is 3. The molecule has 1 amide bonds. The number of hydrogen-bond donors (Lipinski definition) is 0. The normalized spacial score (nSPS) is 14.9. The quantitative estimate of drug-likeness (QED) is 0.821. The smallest absolute Gasteiger partial charge is 0.260 e. The minimum atomic E-state index is 0.102. The van der Waals surface area contributed by atoms with Crippen molar-refractivity contribution in [1.29, 1.82) is 0 Å². The number of nitrogens with zero attached hydrogens (tertiary/aromatic N) is 1. The molecule has 0 aromatic heterocycles. The molecule has 0 aliphatic carbocycles. The van der Waals surface area contributed by atoms with E-state index in [4.69, 9.17) is 4.74 Å². The zero-order chi connectivity index (χ0) is 13.1. The Hall–Kier alpha value is -1.51. The van der Waals surface area contributed by atoms with Crippen LogP contribution in [0.15, 0.2) is 12.1 Å². The van der Waals surface area contributed by atoms with Crippen molar-refractivity contribution in [2.24, 2.45) is 0 Å². The number of hydrogen-bond acceptors (Lipinski definition) is 2. The third-order valence-corrected chi connectivity index (χ3v) is 3.60. The van der Waals surface area contributed by atoms with Crippen molar-refractivity contribution in [1.82, 2.24) is 4.90 Å². The zero-order valence-corrected chi connectivity index (χ0v) is 11.5. The fraction of sp³-hybridized carbons (Fsp3) is 0.533. The second-order valence-electron chi connectivity index (χ2n) is 5.08. The van der Waals surface area contributed by atoms with Gasteiger partial charge >= 0.3 is 0 Å².